The molecule has 0 atom stereocenters. The normalized spacial score (nSPS) is 11.5. The molecule has 7 nitrogen and oxygen atoms in total. The standard InChI is InChI=1S/C22H17BrFN3O4S/c1-13-25-18-6-4-3-5-16(18)22(28)27(13)15-8-9-17(24)19(12-15)26-32(29,30)21-11-14(23)7-10-20(21)31-2/h3-12,26H,1-2H3. The van der Waals surface area contributed by atoms with E-state index in [2.05, 4.69) is 25.6 Å². The summed E-state index contributed by atoms with van der Waals surface area (Å²) in [4.78, 5) is 17.3. The van der Waals surface area contributed by atoms with Gasteiger partial charge in [0.25, 0.3) is 15.6 Å². The number of nitrogens with one attached hydrogen (secondary N) is 1. The fraction of sp³-hybridized carbons (Fsp3) is 0.0909. The Morgan fingerprint density at radius 3 is 2.59 bits per heavy atom. The zero-order chi connectivity index (χ0) is 23.0. The molecule has 0 amide bonds. The van der Waals surface area contributed by atoms with Gasteiger partial charge in [-0.3, -0.25) is 14.1 Å². The highest BCUT2D eigenvalue weighted by Gasteiger charge is 2.22. The Morgan fingerprint density at radius 2 is 1.84 bits per heavy atom. The number of aromatic nitrogens is 2. The Labute approximate surface area is 191 Å². The van der Waals surface area contributed by atoms with Gasteiger partial charge in [0, 0.05) is 4.47 Å². The highest BCUT2D eigenvalue weighted by molar-refractivity contribution is 9.10. The zero-order valence-corrected chi connectivity index (χ0v) is 19.4. The number of para-hydroxylation sites is 1. The van der Waals surface area contributed by atoms with Crippen LogP contribution in [0.15, 0.2) is 74.8 Å². The van der Waals surface area contributed by atoms with E-state index < -0.39 is 15.8 Å². The van der Waals surface area contributed by atoms with E-state index in [1.165, 1.54) is 35.9 Å². The maximum Gasteiger partial charge on any atom is 0.265 e. The van der Waals surface area contributed by atoms with E-state index in [4.69, 9.17) is 4.74 Å². The SMILES string of the molecule is COc1ccc(Br)cc1S(=O)(=O)Nc1cc(-n2c(C)nc3ccccc3c2=O)ccc1F. The van der Waals surface area contributed by atoms with Crippen molar-refractivity contribution in [1.82, 2.24) is 9.55 Å². The van der Waals surface area contributed by atoms with Crippen molar-refractivity contribution in [3.63, 3.8) is 0 Å². The summed E-state index contributed by atoms with van der Waals surface area (Å²) in [6, 6.07) is 15.1. The lowest BCUT2D eigenvalue weighted by Gasteiger charge is -2.15. The van der Waals surface area contributed by atoms with E-state index in [-0.39, 0.29) is 27.6 Å². The molecule has 1 N–H and O–H groups in total. The molecule has 32 heavy (non-hydrogen) atoms. The highest BCUT2D eigenvalue weighted by atomic mass is 79.9. The average molecular weight is 518 g/mol. The van der Waals surface area contributed by atoms with Crippen LogP contribution in [0.25, 0.3) is 16.6 Å². The third-order valence-electron chi connectivity index (χ3n) is 4.81. The number of hydrogen-bond acceptors (Lipinski definition) is 5. The first kappa shape index (κ1) is 22.0. The number of methoxy groups -OCH3 is 1. The predicted octanol–water partition coefficient (Wildman–Crippen LogP) is 4.41. The Kier molecular flexibility index (Phi) is 5.74. The zero-order valence-electron chi connectivity index (χ0n) is 17.0. The van der Waals surface area contributed by atoms with E-state index in [0.29, 0.717) is 21.2 Å². The minimum absolute atomic E-state index is 0.100. The molecule has 0 saturated heterocycles. The fourth-order valence-corrected chi connectivity index (χ4v) is 5.11. The van der Waals surface area contributed by atoms with Crippen LogP contribution in [-0.2, 0) is 10.0 Å². The Bertz CT molecular complexity index is 1520. The van der Waals surface area contributed by atoms with Crippen LogP contribution in [0.3, 0.4) is 0 Å². The molecule has 1 heterocycles. The summed E-state index contributed by atoms with van der Waals surface area (Å²) in [7, 11) is -2.86. The summed E-state index contributed by atoms with van der Waals surface area (Å²) >= 11 is 3.23. The average Bonchev–Trinajstić information content (AvgIpc) is 2.75. The molecule has 0 aliphatic heterocycles. The number of hydrogen-bond donors (Lipinski definition) is 1. The Balaban J connectivity index is 1.83. The molecule has 0 fully saturated rings. The molecule has 0 aliphatic carbocycles. The molecule has 0 radical (unpaired) electrons. The molecule has 0 unspecified atom stereocenters. The summed E-state index contributed by atoms with van der Waals surface area (Å²) in [6.07, 6.45) is 0. The van der Waals surface area contributed by atoms with Crippen molar-refractivity contribution in [1.29, 1.82) is 0 Å². The lowest BCUT2D eigenvalue weighted by Crippen LogP contribution is -2.22. The van der Waals surface area contributed by atoms with E-state index >= 15 is 0 Å². The van der Waals surface area contributed by atoms with Gasteiger partial charge in [0.05, 0.1) is 29.4 Å². The van der Waals surface area contributed by atoms with Gasteiger partial charge in [-0.05, 0) is 55.5 Å². The number of halogens is 2. The van der Waals surface area contributed by atoms with Gasteiger partial charge >= 0.3 is 0 Å². The molecule has 4 rings (SSSR count). The van der Waals surface area contributed by atoms with Gasteiger partial charge in [-0.2, -0.15) is 0 Å². The third kappa shape index (κ3) is 3.98. The van der Waals surface area contributed by atoms with Gasteiger partial charge in [0.1, 0.15) is 22.3 Å². The van der Waals surface area contributed by atoms with E-state index in [1.54, 1.807) is 37.3 Å². The van der Waals surface area contributed by atoms with Crippen molar-refractivity contribution in [2.45, 2.75) is 11.8 Å². The monoisotopic (exact) mass is 517 g/mol. The first-order valence-electron chi connectivity index (χ1n) is 9.36. The lowest BCUT2D eigenvalue weighted by molar-refractivity contribution is 0.402. The van der Waals surface area contributed by atoms with Crippen LogP contribution >= 0.6 is 15.9 Å². The molecule has 10 heteroatoms. The number of sulfonamides is 1. The van der Waals surface area contributed by atoms with Gasteiger partial charge in [-0.1, -0.05) is 28.1 Å². The number of fused-ring (bicyclic) bond motifs is 1. The summed E-state index contributed by atoms with van der Waals surface area (Å²) in [6.45, 7) is 1.65. The molecule has 0 aliphatic rings. The molecule has 0 spiro atoms. The minimum atomic E-state index is -4.20. The molecule has 0 bridgehead atoms. The van der Waals surface area contributed by atoms with Crippen LogP contribution in [0, 0.1) is 12.7 Å². The van der Waals surface area contributed by atoms with Crippen molar-refractivity contribution in [3.8, 4) is 11.4 Å². The van der Waals surface area contributed by atoms with Crippen molar-refractivity contribution < 1.29 is 17.5 Å². The van der Waals surface area contributed by atoms with Crippen molar-refractivity contribution in [2.75, 3.05) is 11.8 Å². The number of anilines is 1. The topological polar surface area (TPSA) is 90.3 Å². The maximum atomic E-state index is 14.6. The first-order valence-corrected chi connectivity index (χ1v) is 11.6. The van der Waals surface area contributed by atoms with Gasteiger partial charge in [0.15, 0.2) is 0 Å². The van der Waals surface area contributed by atoms with Crippen molar-refractivity contribution in [2.24, 2.45) is 0 Å². The number of rotatable bonds is 5. The summed E-state index contributed by atoms with van der Waals surface area (Å²) in [5, 5.41) is 0.392. The van der Waals surface area contributed by atoms with Crippen LogP contribution in [0.1, 0.15) is 5.82 Å². The van der Waals surface area contributed by atoms with Crippen LogP contribution in [0.5, 0.6) is 5.75 Å². The molecule has 164 valence electrons. The van der Waals surface area contributed by atoms with Crippen LogP contribution in [0.2, 0.25) is 0 Å². The molecule has 1 aromatic heterocycles. The van der Waals surface area contributed by atoms with Crippen LogP contribution in [-0.4, -0.2) is 25.1 Å². The second-order valence-corrected chi connectivity index (χ2v) is 9.45. The third-order valence-corrected chi connectivity index (χ3v) is 6.69. The molecule has 3 aromatic carbocycles. The second-order valence-electron chi connectivity index (χ2n) is 6.88. The van der Waals surface area contributed by atoms with Crippen molar-refractivity contribution in [3.05, 3.63) is 87.1 Å². The van der Waals surface area contributed by atoms with E-state index in [0.717, 1.165) is 6.07 Å². The number of nitrogens with zero attached hydrogens (tertiary/aromatic N) is 2. The summed E-state index contributed by atoms with van der Waals surface area (Å²) in [5.74, 6) is -0.323. The van der Waals surface area contributed by atoms with Gasteiger partial charge in [0.2, 0.25) is 0 Å². The molecular formula is C22H17BrFN3O4S. The predicted molar refractivity (Wildman–Crippen MR) is 124 cm³/mol. The van der Waals surface area contributed by atoms with Gasteiger partial charge in [-0.25, -0.2) is 17.8 Å². The second kappa shape index (κ2) is 8.36. The quantitative estimate of drug-likeness (QED) is 0.423. The Morgan fingerprint density at radius 1 is 1.09 bits per heavy atom. The molecular weight excluding hydrogens is 501 g/mol. The van der Waals surface area contributed by atoms with Crippen LogP contribution in [0.4, 0.5) is 10.1 Å². The van der Waals surface area contributed by atoms with Crippen molar-refractivity contribution >= 4 is 42.5 Å². The smallest absolute Gasteiger partial charge is 0.265 e. The lowest BCUT2D eigenvalue weighted by atomic mass is 10.2. The summed E-state index contributed by atoms with van der Waals surface area (Å²) in [5.41, 5.74) is 0.147. The number of benzene rings is 3. The van der Waals surface area contributed by atoms with Crippen LogP contribution < -0.4 is 15.0 Å². The largest absolute Gasteiger partial charge is 0.495 e. The molecule has 0 saturated carbocycles. The fourth-order valence-electron chi connectivity index (χ4n) is 3.34. The maximum absolute atomic E-state index is 14.6. The minimum Gasteiger partial charge on any atom is -0.495 e. The van der Waals surface area contributed by atoms with Gasteiger partial charge in [-0.15, -0.1) is 0 Å². The van der Waals surface area contributed by atoms with E-state index in [1.807, 2.05) is 0 Å². The van der Waals surface area contributed by atoms with Gasteiger partial charge < -0.3 is 4.74 Å². The first-order chi connectivity index (χ1) is 15.2. The number of ether oxygens (including phenoxy) is 1. The highest BCUT2D eigenvalue weighted by Crippen LogP contribution is 2.30. The van der Waals surface area contributed by atoms with E-state index in [9.17, 15) is 17.6 Å². The molecule has 4 aromatic rings. The number of aryl methyl sites for hydroxylation is 1. The summed E-state index contributed by atoms with van der Waals surface area (Å²) < 4.78 is 49.7. The Hall–Kier alpha value is -3.24.